The third kappa shape index (κ3) is 5.77. The van der Waals surface area contributed by atoms with Gasteiger partial charge in [0.25, 0.3) is 0 Å². The van der Waals surface area contributed by atoms with Crippen LogP contribution >= 0.6 is 46.4 Å². The van der Waals surface area contributed by atoms with Crippen LogP contribution < -0.4 is 11.5 Å². The van der Waals surface area contributed by atoms with Crippen LogP contribution in [0.4, 0.5) is 0 Å². The molecule has 6 heteroatoms. The van der Waals surface area contributed by atoms with E-state index >= 15 is 0 Å². The summed E-state index contributed by atoms with van der Waals surface area (Å²) in [6, 6.07) is 29.0. The molecule has 2 unspecified atom stereocenters. The maximum Gasteiger partial charge on any atom is 0.0595 e. The van der Waals surface area contributed by atoms with Crippen molar-refractivity contribution < 1.29 is 0 Å². The van der Waals surface area contributed by atoms with E-state index in [0.717, 1.165) is 25.7 Å². The van der Waals surface area contributed by atoms with E-state index in [1.165, 1.54) is 33.4 Å². The van der Waals surface area contributed by atoms with Gasteiger partial charge in [-0.25, -0.2) is 0 Å². The fraction of sp³-hybridized carbons (Fsp3) is 0.250. The molecule has 4 atom stereocenters. The van der Waals surface area contributed by atoms with Gasteiger partial charge in [0.1, 0.15) is 0 Å². The summed E-state index contributed by atoms with van der Waals surface area (Å²) in [6.07, 6.45) is 4.11. The Labute approximate surface area is 244 Å². The zero-order valence-corrected chi connectivity index (χ0v) is 23.9. The normalized spacial score (nSPS) is 22.1. The summed E-state index contributed by atoms with van der Waals surface area (Å²) >= 11 is 24.2. The molecule has 0 aromatic heterocycles. The van der Waals surface area contributed by atoms with E-state index in [1.54, 1.807) is 0 Å². The smallest absolute Gasteiger partial charge is 0.0595 e. The molecule has 4 aromatic rings. The van der Waals surface area contributed by atoms with E-state index in [-0.39, 0.29) is 12.1 Å². The van der Waals surface area contributed by atoms with Gasteiger partial charge in [0.15, 0.2) is 0 Å². The Morgan fingerprint density at radius 3 is 1.18 bits per heavy atom. The number of benzene rings is 4. The van der Waals surface area contributed by atoms with Crippen LogP contribution in [-0.2, 0) is 0 Å². The second-order valence-corrected chi connectivity index (χ2v) is 11.7. The topological polar surface area (TPSA) is 52.0 Å². The van der Waals surface area contributed by atoms with Crippen molar-refractivity contribution in [2.24, 2.45) is 11.5 Å². The number of hydrogen-bond acceptors (Lipinski definition) is 2. The highest BCUT2D eigenvalue weighted by atomic mass is 35.5. The van der Waals surface area contributed by atoms with Crippen molar-refractivity contribution >= 4 is 46.4 Å². The average Bonchev–Trinajstić information content (AvgIpc) is 2.93. The summed E-state index contributed by atoms with van der Waals surface area (Å²) in [5.74, 6) is 0.733. The van der Waals surface area contributed by atoms with E-state index in [2.05, 4.69) is 60.7 Å². The molecule has 0 spiro atoms. The van der Waals surface area contributed by atoms with Gasteiger partial charge in [-0.3, -0.25) is 0 Å². The molecule has 4 N–H and O–H groups in total. The fourth-order valence-corrected chi connectivity index (χ4v) is 6.41. The van der Waals surface area contributed by atoms with Gasteiger partial charge in [-0.15, -0.1) is 0 Å². The molecule has 0 heterocycles. The van der Waals surface area contributed by atoms with E-state index in [1.807, 2.05) is 24.3 Å². The Bertz CT molecular complexity index is 1330. The van der Waals surface area contributed by atoms with Gasteiger partial charge >= 0.3 is 0 Å². The first-order valence-electron chi connectivity index (χ1n) is 12.9. The van der Waals surface area contributed by atoms with Crippen molar-refractivity contribution in [3.8, 4) is 0 Å². The predicted octanol–water partition coefficient (Wildman–Crippen LogP) is 9.84. The van der Waals surface area contributed by atoms with E-state index < -0.39 is 0 Å². The Morgan fingerprint density at radius 1 is 0.447 bits per heavy atom. The SMILES string of the molecule is NC1CC[C@@H](c2ccc(Cl)c(Cl)c2)c2ccccc21.N[C@H]1CCC(c2ccc(Cl)c(Cl)c2)c2ccccc21. The number of fused-ring (bicyclic) bond motifs is 2. The minimum absolute atomic E-state index is 0.148. The van der Waals surface area contributed by atoms with Gasteiger partial charge in [-0.05, 0) is 83.3 Å². The molecular weight excluding hydrogens is 554 g/mol. The molecule has 2 aliphatic rings. The zero-order chi connectivity index (χ0) is 26.8. The van der Waals surface area contributed by atoms with Gasteiger partial charge in [-0.2, -0.15) is 0 Å². The van der Waals surface area contributed by atoms with E-state index in [9.17, 15) is 0 Å². The molecule has 0 fully saturated rings. The van der Waals surface area contributed by atoms with Crippen molar-refractivity contribution in [1.82, 2.24) is 0 Å². The number of hydrogen-bond donors (Lipinski definition) is 2. The maximum atomic E-state index is 6.19. The second-order valence-electron chi connectivity index (χ2n) is 10.1. The molecule has 0 bridgehead atoms. The first kappa shape index (κ1) is 27.5. The molecular formula is C32H30Cl4N2. The van der Waals surface area contributed by atoms with Crippen molar-refractivity contribution in [2.75, 3.05) is 0 Å². The van der Waals surface area contributed by atoms with Crippen LogP contribution in [0.1, 0.15) is 83.0 Å². The van der Waals surface area contributed by atoms with Crippen LogP contribution in [0.5, 0.6) is 0 Å². The third-order valence-corrected chi connectivity index (χ3v) is 9.24. The van der Waals surface area contributed by atoms with Crippen LogP contribution in [0.2, 0.25) is 20.1 Å². The summed E-state index contributed by atoms with van der Waals surface area (Å²) in [5.41, 5.74) is 20.0. The van der Waals surface area contributed by atoms with Gasteiger partial charge in [0.05, 0.1) is 20.1 Å². The highest BCUT2D eigenvalue weighted by Crippen LogP contribution is 2.42. The maximum absolute atomic E-state index is 6.19. The molecule has 0 aliphatic heterocycles. The van der Waals surface area contributed by atoms with Crippen molar-refractivity contribution in [1.29, 1.82) is 0 Å². The molecule has 0 amide bonds. The molecule has 2 aliphatic carbocycles. The standard InChI is InChI=1S/2C16H15Cl2N/c2*17-14-7-5-10(9-15(14)18)11-6-8-16(19)13-4-2-1-3-12(11)13/h2*1-5,7,9,11,16H,6,8,19H2/t11?,16-;11-,16?/m00/s1. The van der Waals surface area contributed by atoms with Crippen LogP contribution in [-0.4, -0.2) is 0 Å². The first-order valence-corrected chi connectivity index (χ1v) is 14.4. The van der Waals surface area contributed by atoms with Crippen molar-refractivity contribution in [2.45, 2.75) is 49.6 Å². The Kier molecular flexibility index (Phi) is 8.69. The Hall–Kier alpha value is -2.04. The lowest BCUT2D eigenvalue weighted by Crippen LogP contribution is -2.20. The van der Waals surface area contributed by atoms with Gasteiger partial charge in [-0.1, -0.05) is 107 Å². The van der Waals surface area contributed by atoms with Crippen LogP contribution in [0.25, 0.3) is 0 Å². The Morgan fingerprint density at radius 2 is 0.816 bits per heavy atom. The van der Waals surface area contributed by atoms with E-state index in [0.29, 0.717) is 31.9 Å². The van der Waals surface area contributed by atoms with Crippen LogP contribution in [0, 0.1) is 0 Å². The lowest BCUT2D eigenvalue weighted by molar-refractivity contribution is 0.530. The lowest BCUT2D eigenvalue weighted by Gasteiger charge is -2.30. The van der Waals surface area contributed by atoms with Gasteiger partial charge in [0, 0.05) is 23.9 Å². The minimum atomic E-state index is 0.148. The van der Waals surface area contributed by atoms with E-state index in [4.69, 9.17) is 57.9 Å². The summed E-state index contributed by atoms with van der Waals surface area (Å²) in [5, 5.41) is 2.44. The summed E-state index contributed by atoms with van der Waals surface area (Å²) < 4.78 is 0. The number of rotatable bonds is 2. The third-order valence-electron chi connectivity index (χ3n) is 7.77. The molecule has 6 rings (SSSR count). The van der Waals surface area contributed by atoms with Crippen LogP contribution in [0.3, 0.4) is 0 Å². The summed E-state index contributed by atoms with van der Waals surface area (Å²) in [4.78, 5) is 0. The number of nitrogens with two attached hydrogens (primary N) is 2. The molecule has 0 saturated heterocycles. The molecule has 0 radical (unpaired) electrons. The second kappa shape index (κ2) is 12.0. The van der Waals surface area contributed by atoms with Crippen LogP contribution in [0.15, 0.2) is 84.9 Å². The Balaban J connectivity index is 0.000000155. The highest BCUT2D eigenvalue weighted by Gasteiger charge is 2.27. The minimum Gasteiger partial charge on any atom is -0.324 e. The van der Waals surface area contributed by atoms with Gasteiger partial charge in [0.2, 0.25) is 0 Å². The average molecular weight is 584 g/mol. The first-order chi connectivity index (χ1) is 18.3. The molecule has 2 nitrogen and oxygen atoms in total. The quantitative estimate of drug-likeness (QED) is 0.247. The molecule has 38 heavy (non-hydrogen) atoms. The highest BCUT2D eigenvalue weighted by molar-refractivity contribution is 6.42. The van der Waals surface area contributed by atoms with Gasteiger partial charge < -0.3 is 11.5 Å². The molecule has 4 aromatic carbocycles. The molecule has 196 valence electrons. The molecule has 0 saturated carbocycles. The van der Waals surface area contributed by atoms with Crippen molar-refractivity contribution in [3.05, 3.63) is 138 Å². The zero-order valence-electron chi connectivity index (χ0n) is 20.9. The fourth-order valence-electron chi connectivity index (χ4n) is 5.80. The van der Waals surface area contributed by atoms with Crippen molar-refractivity contribution in [3.63, 3.8) is 0 Å². The predicted molar refractivity (Wildman–Crippen MR) is 162 cm³/mol. The lowest BCUT2D eigenvalue weighted by atomic mass is 9.77. The summed E-state index contributed by atoms with van der Waals surface area (Å²) in [7, 11) is 0. The summed E-state index contributed by atoms with van der Waals surface area (Å²) in [6.45, 7) is 0. The monoisotopic (exact) mass is 582 g/mol. The largest absolute Gasteiger partial charge is 0.324 e. The number of halogens is 4.